The number of hydrogen-bond donors (Lipinski definition) is 1. The third kappa shape index (κ3) is 3.92. The van der Waals surface area contributed by atoms with Crippen molar-refractivity contribution in [1.29, 1.82) is 0 Å². The summed E-state index contributed by atoms with van der Waals surface area (Å²) in [6.07, 6.45) is 2.71. The Balaban J connectivity index is 1.79. The summed E-state index contributed by atoms with van der Waals surface area (Å²) in [6, 6.07) is 7.78. The van der Waals surface area contributed by atoms with Gasteiger partial charge in [0.2, 0.25) is 5.88 Å². The second-order valence-corrected chi connectivity index (χ2v) is 7.88. The number of pyridine rings is 1. The van der Waals surface area contributed by atoms with Crippen LogP contribution in [0.5, 0.6) is 5.88 Å². The molecule has 0 aliphatic heterocycles. The summed E-state index contributed by atoms with van der Waals surface area (Å²) in [7, 11) is -3.24. The van der Waals surface area contributed by atoms with Gasteiger partial charge in [0.1, 0.15) is 22.2 Å². The van der Waals surface area contributed by atoms with Crippen LogP contribution in [0, 0.1) is 11.6 Å². The Labute approximate surface area is 174 Å². The summed E-state index contributed by atoms with van der Waals surface area (Å²) < 4.78 is 61.0. The number of nitrogens with one attached hydrogen (secondary N) is 1. The van der Waals surface area contributed by atoms with Gasteiger partial charge in [-0.2, -0.15) is 9.61 Å². The molecule has 3 aromatic heterocycles. The highest BCUT2D eigenvalue weighted by Crippen LogP contribution is 2.30. The normalized spacial score (nSPS) is 11.5. The first-order valence-corrected chi connectivity index (χ1v) is 10.1. The van der Waals surface area contributed by atoms with Crippen molar-refractivity contribution in [2.24, 2.45) is 0 Å². The fraction of sp³-hybridized carbons (Fsp3) is 0.0526. The minimum atomic E-state index is -4.51. The molecule has 1 aromatic carbocycles. The molecule has 0 unspecified atom stereocenters. The van der Waals surface area contributed by atoms with E-state index in [0.29, 0.717) is 23.3 Å². The molecule has 0 atom stereocenters. The maximum atomic E-state index is 14.0. The third-order valence-corrected chi connectivity index (χ3v) is 5.60. The Kier molecular flexibility index (Phi) is 5.07. The van der Waals surface area contributed by atoms with Crippen LogP contribution in [0.1, 0.15) is 0 Å². The van der Waals surface area contributed by atoms with Gasteiger partial charge in [-0.25, -0.2) is 27.2 Å². The zero-order chi connectivity index (χ0) is 22.2. The zero-order valence-electron chi connectivity index (χ0n) is 15.8. The third-order valence-electron chi connectivity index (χ3n) is 4.22. The van der Waals surface area contributed by atoms with Crippen molar-refractivity contribution in [3.8, 4) is 17.1 Å². The van der Waals surface area contributed by atoms with Crippen molar-refractivity contribution in [2.75, 3.05) is 11.8 Å². The van der Waals surface area contributed by atoms with Crippen LogP contribution in [-0.2, 0) is 10.0 Å². The molecule has 0 aliphatic rings. The van der Waals surface area contributed by atoms with Crippen LogP contribution in [0.2, 0.25) is 0 Å². The van der Waals surface area contributed by atoms with Crippen LogP contribution < -0.4 is 15.0 Å². The minimum Gasteiger partial charge on any atom is -0.480 e. The van der Waals surface area contributed by atoms with Crippen molar-refractivity contribution in [1.82, 2.24) is 19.6 Å². The molecule has 0 saturated carbocycles. The predicted molar refractivity (Wildman–Crippen MR) is 106 cm³/mol. The quantitative estimate of drug-likeness (QED) is 0.501. The van der Waals surface area contributed by atoms with E-state index < -0.39 is 32.1 Å². The lowest BCUT2D eigenvalue weighted by molar-refractivity contribution is 0.400. The Morgan fingerprint density at radius 1 is 1.06 bits per heavy atom. The van der Waals surface area contributed by atoms with Crippen LogP contribution in [-0.4, -0.2) is 35.1 Å². The first kappa shape index (κ1) is 20.3. The monoisotopic (exact) mass is 445 g/mol. The first-order valence-electron chi connectivity index (χ1n) is 8.66. The van der Waals surface area contributed by atoms with Crippen molar-refractivity contribution in [2.45, 2.75) is 4.90 Å². The van der Waals surface area contributed by atoms with Crippen LogP contribution in [0.4, 0.5) is 14.5 Å². The number of benzene rings is 1. The minimum absolute atomic E-state index is 0.108. The molecule has 4 rings (SSSR count). The van der Waals surface area contributed by atoms with E-state index in [1.807, 2.05) is 0 Å². The molecule has 0 spiro atoms. The summed E-state index contributed by atoms with van der Waals surface area (Å²) in [5.74, 6) is -2.15. The number of fused-ring (bicyclic) bond motifs is 1. The van der Waals surface area contributed by atoms with Gasteiger partial charge in [-0.15, -0.1) is 0 Å². The van der Waals surface area contributed by atoms with Gasteiger partial charge >= 0.3 is 0 Å². The SMILES string of the molecule is COc1ncc(-c2ccc3nccc(=O)n3n2)cc1NS(=O)(=O)c1cc(F)ccc1F. The summed E-state index contributed by atoms with van der Waals surface area (Å²) in [6.45, 7) is 0. The maximum absolute atomic E-state index is 14.0. The number of sulfonamides is 1. The Hall–Kier alpha value is -3.93. The summed E-state index contributed by atoms with van der Waals surface area (Å²) >= 11 is 0. The van der Waals surface area contributed by atoms with Crippen molar-refractivity contribution >= 4 is 21.4 Å². The number of aromatic nitrogens is 4. The van der Waals surface area contributed by atoms with Crippen molar-refractivity contribution < 1.29 is 21.9 Å². The highest BCUT2D eigenvalue weighted by Gasteiger charge is 2.22. The molecule has 0 radical (unpaired) electrons. The highest BCUT2D eigenvalue weighted by atomic mass is 32.2. The second kappa shape index (κ2) is 7.72. The summed E-state index contributed by atoms with van der Waals surface area (Å²) in [5, 5.41) is 4.20. The average Bonchev–Trinajstić information content (AvgIpc) is 2.75. The van der Waals surface area contributed by atoms with Crippen LogP contribution in [0.25, 0.3) is 16.9 Å². The van der Waals surface area contributed by atoms with E-state index in [4.69, 9.17) is 4.74 Å². The van der Waals surface area contributed by atoms with Gasteiger partial charge in [0.05, 0.1) is 12.8 Å². The average molecular weight is 445 g/mol. The fourth-order valence-electron chi connectivity index (χ4n) is 2.79. The molecule has 0 amide bonds. The van der Waals surface area contributed by atoms with Crippen molar-refractivity contribution in [3.05, 3.63) is 76.8 Å². The Morgan fingerprint density at radius 3 is 2.65 bits per heavy atom. The van der Waals surface area contributed by atoms with E-state index in [9.17, 15) is 22.0 Å². The molecule has 3 heterocycles. The number of anilines is 1. The number of ether oxygens (including phenoxy) is 1. The van der Waals surface area contributed by atoms with Gasteiger partial charge in [0.15, 0.2) is 5.65 Å². The standard InChI is InChI=1S/C19H13F2N5O4S/c1-30-19-15(25-31(28,29)16-9-12(20)2-3-13(16)21)8-11(10-23-19)14-4-5-17-22-7-6-18(27)26(17)24-14/h2-10,25H,1H3. The van der Waals surface area contributed by atoms with Gasteiger partial charge in [-0.1, -0.05) is 0 Å². The summed E-state index contributed by atoms with van der Waals surface area (Å²) in [5.41, 5.74) is 0.395. The predicted octanol–water partition coefficient (Wildman–Crippen LogP) is 2.24. The molecule has 0 fully saturated rings. The number of methoxy groups -OCH3 is 1. The molecular formula is C19H13F2N5O4S. The molecule has 4 aromatic rings. The Morgan fingerprint density at radius 2 is 1.87 bits per heavy atom. The summed E-state index contributed by atoms with van der Waals surface area (Å²) in [4.78, 5) is 19.2. The smallest absolute Gasteiger partial charge is 0.274 e. The van der Waals surface area contributed by atoms with E-state index in [1.165, 1.54) is 31.6 Å². The van der Waals surface area contributed by atoms with Gasteiger partial charge < -0.3 is 4.74 Å². The molecule has 31 heavy (non-hydrogen) atoms. The zero-order valence-corrected chi connectivity index (χ0v) is 16.6. The molecule has 0 bridgehead atoms. The van der Waals surface area contributed by atoms with E-state index in [-0.39, 0.29) is 17.3 Å². The van der Waals surface area contributed by atoms with E-state index in [1.54, 1.807) is 12.1 Å². The van der Waals surface area contributed by atoms with Crippen LogP contribution in [0.15, 0.2) is 64.5 Å². The molecule has 1 N–H and O–H groups in total. The highest BCUT2D eigenvalue weighted by molar-refractivity contribution is 7.92. The second-order valence-electron chi connectivity index (χ2n) is 6.23. The topological polar surface area (TPSA) is 116 Å². The molecule has 0 saturated heterocycles. The molecular weight excluding hydrogens is 432 g/mol. The number of rotatable bonds is 5. The van der Waals surface area contributed by atoms with Gasteiger partial charge in [0, 0.05) is 24.0 Å². The number of halogens is 2. The van der Waals surface area contributed by atoms with Crippen molar-refractivity contribution in [3.63, 3.8) is 0 Å². The number of hydrogen-bond acceptors (Lipinski definition) is 7. The lowest BCUT2D eigenvalue weighted by Crippen LogP contribution is -2.17. The lowest BCUT2D eigenvalue weighted by Gasteiger charge is -2.13. The van der Waals surface area contributed by atoms with Gasteiger partial charge in [0.25, 0.3) is 15.6 Å². The number of nitrogens with zero attached hydrogens (tertiary/aromatic N) is 4. The largest absolute Gasteiger partial charge is 0.480 e. The fourth-order valence-corrected chi connectivity index (χ4v) is 3.93. The molecule has 0 aliphatic carbocycles. The molecule has 158 valence electrons. The Bertz CT molecular complexity index is 1470. The van der Waals surface area contributed by atoms with Gasteiger partial charge in [-0.3, -0.25) is 9.52 Å². The van der Waals surface area contributed by atoms with Gasteiger partial charge in [-0.05, 0) is 36.4 Å². The van der Waals surface area contributed by atoms with E-state index in [0.717, 1.165) is 10.6 Å². The van der Waals surface area contributed by atoms with E-state index in [2.05, 4.69) is 19.8 Å². The first-order chi connectivity index (χ1) is 14.8. The maximum Gasteiger partial charge on any atom is 0.274 e. The van der Waals surface area contributed by atoms with Crippen LogP contribution >= 0.6 is 0 Å². The van der Waals surface area contributed by atoms with E-state index >= 15 is 0 Å². The molecule has 12 heteroatoms. The lowest BCUT2D eigenvalue weighted by atomic mass is 10.2. The molecule has 9 nitrogen and oxygen atoms in total. The van der Waals surface area contributed by atoms with Crippen LogP contribution in [0.3, 0.4) is 0 Å².